The van der Waals surface area contributed by atoms with Crippen LogP contribution in [0.25, 0.3) is 0 Å². The van der Waals surface area contributed by atoms with E-state index in [4.69, 9.17) is 0 Å². The average molecular weight is 376 g/mol. The fraction of sp³-hybridized carbons (Fsp3) is 0.643. The Morgan fingerprint density at radius 1 is 1.43 bits per heavy atom. The molecule has 2 rings (SSSR count). The third kappa shape index (κ3) is 6.02. The maximum atomic E-state index is 11.1. The molecule has 0 aliphatic carbocycles. The maximum Gasteiger partial charge on any atom is 0.208 e. The second kappa shape index (κ2) is 7.67. The Labute approximate surface area is 135 Å². The molecule has 1 fully saturated rings. The summed E-state index contributed by atoms with van der Waals surface area (Å²) in [5.41, 5.74) is 1.05. The van der Waals surface area contributed by atoms with Crippen molar-refractivity contribution in [2.45, 2.75) is 38.3 Å². The molecule has 1 aliphatic rings. The van der Waals surface area contributed by atoms with E-state index in [1.54, 1.807) is 0 Å². The zero-order valence-electron chi connectivity index (χ0n) is 12.3. The summed E-state index contributed by atoms with van der Waals surface area (Å²) in [4.78, 5) is 6.90. The van der Waals surface area contributed by atoms with Crippen molar-refractivity contribution in [3.05, 3.63) is 28.5 Å². The summed E-state index contributed by atoms with van der Waals surface area (Å²) in [6, 6.07) is 6.38. The number of nitrogens with zero attached hydrogens (tertiary/aromatic N) is 2. The van der Waals surface area contributed by atoms with E-state index in [1.807, 2.05) is 18.2 Å². The van der Waals surface area contributed by atoms with Gasteiger partial charge in [0.2, 0.25) is 10.0 Å². The Morgan fingerprint density at radius 2 is 2.24 bits per heavy atom. The zero-order chi connectivity index (χ0) is 15.3. The van der Waals surface area contributed by atoms with Crippen molar-refractivity contribution >= 4 is 26.0 Å². The number of pyridine rings is 1. The SMILES string of the molecule is CS(=O)(=O)NCC[C@H]1CCCCN1Cc1cccc(Br)n1. The lowest BCUT2D eigenvalue weighted by molar-refractivity contribution is 0.131. The highest BCUT2D eigenvalue weighted by atomic mass is 79.9. The van der Waals surface area contributed by atoms with Gasteiger partial charge in [-0.2, -0.15) is 0 Å². The minimum absolute atomic E-state index is 0.425. The van der Waals surface area contributed by atoms with Gasteiger partial charge >= 0.3 is 0 Å². The van der Waals surface area contributed by atoms with Crippen molar-refractivity contribution in [1.29, 1.82) is 0 Å². The van der Waals surface area contributed by atoms with Crippen LogP contribution in [-0.2, 0) is 16.6 Å². The number of piperidine rings is 1. The van der Waals surface area contributed by atoms with Crippen LogP contribution < -0.4 is 4.72 Å². The van der Waals surface area contributed by atoms with E-state index in [9.17, 15) is 8.42 Å². The van der Waals surface area contributed by atoms with Crippen LogP contribution in [0.4, 0.5) is 0 Å². The van der Waals surface area contributed by atoms with Gasteiger partial charge in [-0.15, -0.1) is 0 Å². The molecule has 21 heavy (non-hydrogen) atoms. The van der Waals surface area contributed by atoms with Crippen LogP contribution in [0.3, 0.4) is 0 Å². The fourth-order valence-corrected chi connectivity index (χ4v) is 3.62. The quantitative estimate of drug-likeness (QED) is 0.773. The topological polar surface area (TPSA) is 62.3 Å². The number of hydrogen-bond acceptors (Lipinski definition) is 4. The molecular formula is C14H22BrN3O2S. The second-order valence-electron chi connectivity index (χ2n) is 5.53. The number of nitrogens with one attached hydrogen (secondary N) is 1. The Morgan fingerprint density at radius 3 is 2.95 bits per heavy atom. The highest BCUT2D eigenvalue weighted by molar-refractivity contribution is 9.10. The van der Waals surface area contributed by atoms with Crippen molar-refractivity contribution < 1.29 is 8.42 Å². The number of sulfonamides is 1. The molecule has 7 heteroatoms. The monoisotopic (exact) mass is 375 g/mol. The Balaban J connectivity index is 1.92. The fourth-order valence-electron chi connectivity index (χ4n) is 2.75. The highest BCUT2D eigenvalue weighted by Crippen LogP contribution is 2.21. The smallest absolute Gasteiger partial charge is 0.208 e. The van der Waals surface area contributed by atoms with E-state index in [2.05, 4.69) is 30.5 Å². The second-order valence-corrected chi connectivity index (χ2v) is 8.17. The Bertz CT molecular complexity index is 565. The number of halogens is 1. The summed E-state index contributed by atoms with van der Waals surface area (Å²) in [6.45, 7) is 2.38. The molecule has 0 aromatic carbocycles. The molecule has 1 aliphatic heterocycles. The van der Waals surface area contributed by atoms with E-state index >= 15 is 0 Å². The van der Waals surface area contributed by atoms with Crippen molar-refractivity contribution in [2.75, 3.05) is 19.3 Å². The predicted octanol–water partition coefficient (Wildman–Crippen LogP) is 2.14. The van der Waals surface area contributed by atoms with E-state index in [1.165, 1.54) is 19.1 Å². The van der Waals surface area contributed by atoms with Gasteiger partial charge in [-0.1, -0.05) is 12.5 Å². The van der Waals surface area contributed by atoms with E-state index < -0.39 is 10.0 Å². The summed E-state index contributed by atoms with van der Waals surface area (Å²) in [7, 11) is -3.09. The number of rotatable bonds is 6. The van der Waals surface area contributed by atoms with Crippen LogP contribution in [0.2, 0.25) is 0 Å². The predicted molar refractivity (Wildman–Crippen MR) is 87.4 cm³/mol. The highest BCUT2D eigenvalue weighted by Gasteiger charge is 2.22. The lowest BCUT2D eigenvalue weighted by Gasteiger charge is -2.35. The van der Waals surface area contributed by atoms with Crippen molar-refractivity contribution in [3.8, 4) is 0 Å². The summed E-state index contributed by atoms with van der Waals surface area (Å²) < 4.78 is 25.7. The minimum atomic E-state index is -3.09. The Hall–Kier alpha value is -0.500. The van der Waals surface area contributed by atoms with Crippen LogP contribution in [-0.4, -0.2) is 43.7 Å². The molecule has 1 saturated heterocycles. The van der Waals surface area contributed by atoms with Crippen LogP contribution in [0.5, 0.6) is 0 Å². The summed E-state index contributed by atoms with van der Waals surface area (Å²) in [6.07, 6.45) is 5.59. The van der Waals surface area contributed by atoms with Gasteiger partial charge in [-0.3, -0.25) is 4.90 Å². The van der Waals surface area contributed by atoms with E-state index in [0.717, 1.165) is 36.2 Å². The first-order valence-corrected chi connectivity index (χ1v) is 9.92. The number of likely N-dealkylation sites (tertiary alicyclic amines) is 1. The average Bonchev–Trinajstić information content (AvgIpc) is 2.39. The molecule has 0 radical (unpaired) electrons. The van der Waals surface area contributed by atoms with Gasteiger partial charge in [0.25, 0.3) is 0 Å². The molecule has 5 nitrogen and oxygen atoms in total. The van der Waals surface area contributed by atoms with Crippen LogP contribution in [0, 0.1) is 0 Å². The Kier molecular flexibility index (Phi) is 6.16. The minimum Gasteiger partial charge on any atom is -0.295 e. The lowest BCUT2D eigenvalue weighted by atomic mass is 9.99. The van der Waals surface area contributed by atoms with Crippen LogP contribution in [0.15, 0.2) is 22.8 Å². The van der Waals surface area contributed by atoms with Gasteiger partial charge in [0.05, 0.1) is 11.9 Å². The molecule has 0 bridgehead atoms. The van der Waals surface area contributed by atoms with Gasteiger partial charge in [-0.25, -0.2) is 18.1 Å². The molecule has 1 N–H and O–H groups in total. The molecule has 0 unspecified atom stereocenters. The van der Waals surface area contributed by atoms with Crippen molar-refractivity contribution in [2.24, 2.45) is 0 Å². The third-order valence-corrected chi connectivity index (χ3v) is 4.90. The van der Waals surface area contributed by atoms with Gasteiger partial charge in [0.15, 0.2) is 0 Å². The molecule has 2 heterocycles. The molecule has 0 amide bonds. The van der Waals surface area contributed by atoms with Gasteiger partial charge < -0.3 is 0 Å². The summed E-state index contributed by atoms with van der Waals surface area (Å²) >= 11 is 3.40. The largest absolute Gasteiger partial charge is 0.295 e. The van der Waals surface area contributed by atoms with Gasteiger partial charge in [0, 0.05) is 19.1 Å². The third-order valence-electron chi connectivity index (χ3n) is 3.73. The van der Waals surface area contributed by atoms with Crippen LogP contribution >= 0.6 is 15.9 Å². The van der Waals surface area contributed by atoms with Crippen molar-refractivity contribution in [3.63, 3.8) is 0 Å². The molecule has 0 spiro atoms. The number of aromatic nitrogens is 1. The summed E-state index contributed by atoms with van der Waals surface area (Å²) in [5.74, 6) is 0. The first kappa shape index (κ1) is 16.9. The van der Waals surface area contributed by atoms with E-state index in [0.29, 0.717) is 12.6 Å². The lowest BCUT2D eigenvalue weighted by Crippen LogP contribution is -2.41. The normalized spacial score (nSPS) is 20.6. The zero-order valence-corrected chi connectivity index (χ0v) is 14.7. The molecule has 118 valence electrons. The molecule has 1 atom stereocenters. The van der Waals surface area contributed by atoms with E-state index in [-0.39, 0.29) is 0 Å². The standard InChI is InChI=1S/C14H22BrN3O2S/c1-21(19,20)16-9-8-13-6-2-3-10-18(13)11-12-5-4-7-14(15)17-12/h4-5,7,13,16H,2-3,6,8-11H2,1H3/t13-/m1/s1. The molecule has 1 aromatic heterocycles. The molecule has 0 saturated carbocycles. The van der Waals surface area contributed by atoms with Gasteiger partial charge in [0.1, 0.15) is 4.60 Å². The van der Waals surface area contributed by atoms with Gasteiger partial charge in [-0.05, 0) is 53.9 Å². The number of hydrogen-bond donors (Lipinski definition) is 1. The summed E-state index contributed by atoms with van der Waals surface area (Å²) in [5, 5.41) is 0. The molecule has 1 aromatic rings. The molecular weight excluding hydrogens is 354 g/mol. The van der Waals surface area contributed by atoms with Crippen LogP contribution in [0.1, 0.15) is 31.4 Å². The first-order valence-electron chi connectivity index (χ1n) is 7.24. The maximum absolute atomic E-state index is 11.1. The first-order chi connectivity index (χ1) is 9.94. The van der Waals surface area contributed by atoms with Crippen molar-refractivity contribution in [1.82, 2.24) is 14.6 Å².